The van der Waals surface area contributed by atoms with Gasteiger partial charge in [0.15, 0.2) is 0 Å². The summed E-state index contributed by atoms with van der Waals surface area (Å²) >= 11 is 1.60. The molecule has 0 saturated carbocycles. The second-order valence-electron chi connectivity index (χ2n) is 6.07. The Morgan fingerprint density at radius 2 is 2.12 bits per heavy atom. The molecule has 130 valence electrons. The molecule has 1 aromatic carbocycles. The molecule has 0 fully saturated rings. The number of fused-ring (bicyclic) bond motifs is 1. The predicted molar refractivity (Wildman–Crippen MR) is 104 cm³/mol. The van der Waals surface area contributed by atoms with E-state index in [-0.39, 0.29) is 12.0 Å². The van der Waals surface area contributed by atoms with Crippen molar-refractivity contribution in [1.29, 1.82) is 0 Å². The van der Waals surface area contributed by atoms with Crippen LogP contribution in [0.2, 0.25) is 0 Å². The minimum absolute atomic E-state index is 0.0490. The molecule has 3 heterocycles. The lowest BCUT2D eigenvalue weighted by molar-refractivity contribution is -0.116. The van der Waals surface area contributed by atoms with Crippen molar-refractivity contribution in [3.8, 4) is 16.9 Å². The number of ether oxygens (including phenoxy) is 1. The number of carbonyl (C=O) groups is 1. The van der Waals surface area contributed by atoms with Crippen LogP contribution in [0.3, 0.4) is 0 Å². The number of para-hydroxylation sites is 1. The third-order valence-corrected chi connectivity index (χ3v) is 5.10. The Morgan fingerprint density at radius 3 is 2.92 bits per heavy atom. The number of nitrogens with zero attached hydrogens (tertiary/aromatic N) is 1. The van der Waals surface area contributed by atoms with Crippen molar-refractivity contribution in [3.63, 3.8) is 0 Å². The first-order valence-corrected chi connectivity index (χ1v) is 9.36. The second-order valence-corrected chi connectivity index (χ2v) is 7.05. The van der Waals surface area contributed by atoms with E-state index in [2.05, 4.69) is 22.4 Å². The van der Waals surface area contributed by atoms with Gasteiger partial charge in [-0.1, -0.05) is 24.3 Å². The molecule has 0 bridgehead atoms. The van der Waals surface area contributed by atoms with E-state index in [0.29, 0.717) is 6.54 Å². The number of amides is 1. The quantitative estimate of drug-likeness (QED) is 0.700. The van der Waals surface area contributed by atoms with Gasteiger partial charge in [0, 0.05) is 35.3 Å². The first-order chi connectivity index (χ1) is 12.8. The van der Waals surface area contributed by atoms with Crippen LogP contribution < -0.4 is 10.1 Å². The molecule has 1 aliphatic heterocycles. The number of benzene rings is 1. The van der Waals surface area contributed by atoms with E-state index in [1.165, 1.54) is 5.56 Å². The smallest absolute Gasteiger partial charge is 0.244 e. The first kappa shape index (κ1) is 16.5. The zero-order valence-electron chi connectivity index (χ0n) is 14.1. The van der Waals surface area contributed by atoms with Crippen molar-refractivity contribution >= 4 is 23.3 Å². The van der Waals surface area contributed by atoms with Gasteiger partial charge in [-0.15, -0.1) is 11.3 Å². The normalized spacial score (nSPS) is 15.6. The van der Waals surface area contributed by atoms with Gasteiger partial charge in [-0.3, -0.25) is 9.78 Å². The summed E-state index contributed by atoms with van der Waals surface area (Å²) in [5, 5.41) is 4.91. The Balaban J connectivity index is 1.39. The maximum atomic E-state index is 12.0. The minimum Gasteiger partial charge on any atom is -0.487 e. The van der Waals surface area contributed by atoms with Crippen LogP contribution in [-0.2, 0) is 11.2 Å². The highest BCUT2D eigenvalue weighted by molar-refractivity contribution is 7.10. The number of hydrogen-bond donors (Lipinski definition) is 1. The van der Waals surface area contributed by atoms with E-state index in [1.807, 2.05) is 41.8 Å². The third kappa shape index (κ3) is 3.68. The Bertz CT molecular complexity index is 920. The fourth-order valence-electron chi connectivity index (χ4n) is 3.03. The number of hydrogen-bond acceptors (Lipinski definition) is 4. The van der Waals surface area contributed by atoms with E-state index in [0.717, 1.165) is 28.2 Å². The summed E-state index contributed by atoms with van der Waals surface area (Å²) in [6, 6.07) is 14.1. The Labute approximate surface area is 156 Å². The van der Waals surface area contributed by atoms with Crippen molar-refractivity contribution in [1.82, 2.24) is 10.3 Å². The van der Waals surface area contributed by atoms with Crippen molar-refractivity contribution < 1.29 is 9.53 Å². The summed E-state index contributed by atoms with van der Waals surface area (Å²) in [7, 11) is 0. The average Bonchev–Trinajstić information content (AvgIpc) is 3.34. The van der Waals surface area contributed by atoms with Crippen LogP contribution in [0, 0.1) is 0 Å². The summed E-state index contributed by atoms with van der Waals surface area (Å²) in [6.07, 6.45) is 7.69. The summed E-state index contributed by atoms with van der Waals surface area (Å²) in [5.41, 5.74) is 3.32. The molecule has 0 spiro atoms. The fraction of sp³-hybridized carbons (Fsp3) is 0.143. The van der Waals surface area contributed by atoms with Crippen LogP contribution >= 0.6 is 11.3 Å². The molecule has 1 amide bonds. The van der Waals surface area contributed by atoms with E-state index in [9.17, 15) is 4.79 Å². The number of aromatic nitrogens is 1. The second kappa shape index (κ2) is 7.54. The van der Waals surface area contributed by atoms with Gasteiger partial charge in [0.25, 0.3) is 0 Å². The molecule has 0 radical (unpaired) electrons. The summed E-state index contributed by atoms with van der Waals surface area (Å²) in [4.78, 5) is 17.1. The number of pyridine rings is 1. The van der Waals surface area contributed by atoms with Crippen molar-refractivity contribution in [3.05, 3.63) is 76.8 Å². The van der Waals surface area contributed by atoms with E-state index < -0.39 is 0 Å². The molecule has 0 saturated heterocycles. The van der Waals surface area contributed by atoms with E-state index in [1.54, 1.807) is 29.8 Å². The molecule has 3 aromatic rings. The lowest BCUT2D eigenvalue weighted by atomic mass is 10.0. The van der Waals surface area contributed by atoms with Gasteiger partial charge in [0.1, 0.15) is 11.9 Å². The van der Waals surface area contributed by atoms with Gasteiger partial charge in [0.05, 0.1) is 6.54 Å². The molecule has 4 nitrogen and oxygen atoms in total. The highest BCUT2D eigenvalue weighted by Crippen LogP contribution is 2.38. The molecule has 1 unspecified atom stereocenters. The molecular formula is C21H18N2O2S. The lowest BCUT2D eigenvalue weighted by Gasteiger charge is -2.13. The largest absolute Gasteiger partial charge is 0.487 e. The van der Waals surface area contributed by atoms with Crippen LogP contribution in [0.1, 0.15) is 10.4 Å². The number of carbonyl (C=O) groups excluding carboxylic acids is 1. The van der Waals surface area contributed by atoms with Crippen molar-refractivity contribution in [2.24, 2.45) is 0 Å². The van der Waals surface area contributed by atoms with Crippen LogP contribution in [0.15, 0.2) is 66.3 Å². The van der Waals surface area contributed by atoms with Crippen molar-refractivity contribution in [2.75, 3.05) is 6.54 Å². The standard InChI is InChI=1S/C21H18N2O2S/c24-20(7-6-18-4-2-12-26-18)23-14-17-13-16-3-1-5-19(21(16)25-17)15-8-10-22-11-9-15/h1-12,17H,13-14H2,(H,23,24). The van der Waals surface area contributed by atoms with Crippen LogP contribution in [0.25, 0.3) is 17.2 Å². The van der Waals surface area contributed by atoms with Crippen LogP contribution in [0.4, 0.5) is 0 Å². The van der Waals surface area contributed by atoms with Crippen molar-refractivity contribution in [2.45, 2.75) is 12.5 Å². The average molecular weight is 362 g/mol. The maximum absolute atomic E-state index is 12.0. The Kier molecular flexibility index (Phi) is 4.80. The molecular weight excluding hydrogens is 344 g/mol. The highest BCUT2D eigenvalue weighted by atomic mass is 32.1. The lowest BCUT2D eigenvalue weighted by Crippen LogP contribution is -2.33. The molecule has 5 heteroatoms. The van der Waals surface area contributed by atoms with Gasteiger partial charge < -0.3 is 10.1 Å². The minimum atomic E-state index is -0.104. The van der Waals surface area contributed by atoms with E-state index in [4.69, 9.17) is 4.74 Å². The Hall–Kier alpha value is -2.92. The van der Waals surface area contributed by atoms with Gasteiger partial charge in [-0.2, -0.15) is 0 Å². The molecule has 1 aliphatic rings. The van der Waals surface area contributed by atoms with Gasteiger partial charge in [-0.05, 0) is 40.8 Å². The van der Waals surface area contributed by atoms with Gasteiger partial charge in [-0.25, -0.2) is 0 Å². The van der Waals surface area contributed by atoms with E-state index >= 15 is 0 Å². The molecule has 26 heavy (non-hydrogen) atoms. The Morgan fingerprint density at radius 1 is 1.23 bits per heavy atom. The molecule has 2 aromatic heterocycles. The summed E-state index contributed by atoms with van der Waals surface area (Å²) < 4.78 is 6.14. The van der Waals surface area contributed by atoms with Gasteiger partial charge in [0.2, 0.25) is 5.91 Å². The van der Waals surface area contributed by atoms with Gasteiger partial charge >= 0.3 is 0 Å². The molecule has 1 N–H and O–H groups in total. The third-order valence-electron chi connectivity index (χ3n) is 4.27. The predicted octanol–water partition coefficient (Wildman–Crippen LogP) is 3.94. The number of thiophene rings is 1. The number of nitrogens with one attached hydrogen (secondary N) is 1. The zero-order valence-corrected chi connectivity index (χ0v) is 14.9. The SMILES string of the molecule is O=C(C=Cc1cccs1)NCC1Cc2cccc(-c3ccncc3)c2O1. The van der Waals surface area contributed by atoms with Crippen LogP contribution in [0.5, 0.6) is 5.75 Å². The number of rotatable bonds is 5. The summed E-state index contributed by atoms with van der Waals surface area (Å²) in [6.45, 7) is 0.484. The topological polar surface area (TPSA) is 51.2 Å². The zero-order chi connectivity index (χ0) is 17.8. The molecule has 0 aliphatic carbocycles. The maximum Gasteiger partial charge on any atom is 0.244 e. The first-order valence-electron chi connectivity index (χ1n) is 8.48. The highest BCUT2D eigenvalue weighted by Gasteiger charge is 2.25. The fourth-order valence-corrected chi connectivity index (χ4v) is 3.65. The molecule has 4 rings (SSSR count). The van der Waals surface area contributed by atoms with Crippen LogP contribution in [-0.4, -0.2) is 23.5 Å². The monoisotopic (exact) mass is 362 g/mol. The molecule has 1 atom stereocenters. The summed E-state index contributed by atoms with van der Waals surface area (Å²) in [5.74, 6) is 0.805.